The zero-order valence-electron chi connectivity index (χ0n) is 7.61. The predicted molar refractivity (Wildman–Crippen MR) is 50.7 cm³/mol. The van der Waals surface area contributed by atoms with Gasteiger partial charge in [0.2, 0.25) is 0 Å². The lowest BCUT2D eigenvalue weighted by Crippen LogP contribution is -2.01. The van der Waals surface area contributed by atoms with E-state index in [9.17, 15) is 4.79 Å². The van der Waals surface area contributed by atoms with Gasteiger partial charge in [0.25, 0.3) is 0 Å². The first-order valence-corrected chi connectivity index (χ1v) is 4.11. The van der Waals surface area contributed by atoms with Crippen molar-refractivity contribution in [3.8, 4) is 0 Å². The third-order valence-corrected chi connectivity index (χ3v) is 2.15. The summed E-state index contributed by atoms with van der Waals surface area (Å²) in [6.07, 6.45) is 1.73. The van der Waals surface area contributed by atoms with Gasteiger partial charge >= 0.3 is 0 Å². The normalized spacial score (nSPS) is 10.6. The monoisotopic (exact) mass is 174 g/mol. The third-order valence-electron chi connectivity index (χ3n) is 2.15. The van der Waals surface area contributed by atoms with Crippen LogP contribution in [0.5, 0.6) is 0 Å². The maximum Gasteiger partial charge on any atom is 0.176 e. The molecule has 0 unspecified atom stereocenters. The number of aryl methyl sites for hydroxylation is 1. The van der Waals surface area contributed by atoms with Crippen molar-refractivity contribution in [1.29, 1.82) is 0 Å². The SMILES string of the molecule is CC(=O)c1cc2cccnc2n1C. The molecule has 0 fully saturated rings. The van der Waals surface area contributed by atoms with Crippen LogP contribution in [0.1, 0.15) is 17.4 Å². The van der Waals surface area contributed by atoms with Crippen LogP contribution in [0.2, 0.25) is 0 Å². The number of rotatable bonds is 1. The number of fused-ring (bicyclic) bond motifs is 1. The molecule has 0 aromatic carbocycles. The zero-order valence-corrected chi connectivity index (χ0v) is 7.61. The molecule has 13 heavy (non-hydrogen) atoms. The standard InChI is InChI=1S/C10H10N2O/c1-7(13)9-6-8-4-3-5-11-10(8)12(9)2/h3-6H,1-2H3. The highest BCUT2D eigenvalue weighted by atomic mass is 16.1. The molecule has 2 aromatic rings. The summed E-state index contributed by atoms with van der Waals surface area (Å²) in [5.41, 5.74) is 1.56. The number of nitrogens with zero attached hydrogens (tertiary/aromatic N) is 2. The molecule has 0 aliphatic rings. The Bertz CT molecular complexity index is 471. The number of ketones is 1. The highest BCUT2D eigenvalue weighted by Gasteiger charge is 2.08. The first-order chi connectivity index (χ1) is 6.20. The fraction of sp³-hybridized carbons (Fsp3) is 0.200. The van der Waals surface area contributed by atoms with E-state index in [1.165, 1.54) is 0 Å². The van der Waals surface area contributed by atoms with Crippen molar-refractivity contribution >= 4 is 16.8 Å². The topological polar surface area (TPSA) is 34.9 Å². The molecule has 2 rings (SSSR count). The summed E-state index contributed by atoms with van der Waals surface area (Å²) in [7, 11) is 1.85. The van der Waals surface area contributed by atoms with E-state index in [1.54, 1.807) is 13.1 Å². The Balaban J connectivity index is 2.81. The van der Waals surface area contributed by atoms with E-state index in [-0.39, 0.29) is 5.78 Å². The molecule has 0 atom stereocenters. The van der Waals surface area contributed by atoms with Gasteiger partial charge in [-0.1, -0.05) is 0 Å². The summed E-state index contributed by atoms with van der Waals surface area (Å²) in [4.78, 5) is 15.4. The maximum absolute atomic E-state index is 11.2. The first-order valence-electron chi connectivity index (χ1n) is 4.11. The van der Waals surface area contributed by atoms with E-state index < -0.39 is 0 Å². The molecule has 0 bridgehead atoms. The molecule has 3 nitrogen and oxygen atoms in total. The van der Waals surface area contributed by atoms with Gasteiger partial charge < -0.3 is 4.57 Å². The van der Waals surface area contributed by atoms with Crippen LogP contribution in [-0.2, 0) is 7.05 Å². The molecular formula is C10H10N2O. The second-order valence-electron chi connectivity index (χ2n) is 3.06. The van der Waals surface area contributed by atoms with Gasteiger partial charge in [0.15, 0.2) is 5.78 Å². The van der Waals surface area contributed by atoms with Crippen LogP contribution in [0.3, 0.4) is 0 Å². The lowest BCUT2D eigenvalue weighted by atomic mass is 10.3. The number of hydrogen-bond acceptors (Lipinski definition) is 2. The van der Waals surface area contributed by atoms with Crippen molar-refractivity contribution in [3.05, 3.63) is 30.1 Å². The minimum atomic E-state index is 0.0699. The van der Waals surface area contributed by atoms with Gasteiger partial charge in [-0.2, -0.15) is 0 Å². The van der Waals surface area contributed by atoms with Crippen molar-refractivity contribution in [2.45, 2.75) is 6.92 Å². The molecule has 0 aliphatic heterocycles. The summed E-state index contributed by atoms with van der Waals surface area (Å²) in [6, 6.07) is 5.69. The smallest absolute Gasteiger partial charge is 0.176 e. The van der Waals surface area contributed by atoms with Crippen LogP contribution < -0.4 is 0 Å². The lowest BCUT2D eigenvalue weighted by molar-refractivity contribution is 0.101. The van der Waals surface area contributed by atoms with Crippen LogP contribution in [0.25, 0.3) is 11.0 Å². The molecule has 66 valence electrons. The van der Waals surface area contributed by atoms with E-state index in [4.69, 9.17) is 0 Å². The molecule has 3 heteroatoms. The van der Waals surface area contributed by atoms with Gasteiger partial charge in [0.05, 0.1) is 5.69 Å². The fourth-order valence-electron chi connectivity index (χ4n) is 1.50. The van der Waals surface area contributed by atoms with Gasteiger partial charge in [0.1, 0.15) is 5.65 Å². The van der Waals surface area contributed by atoms with E-state index in [0.29, 0.717) is 5.69 Å². The Morgan fingerprint density at radius 1 is 1.54 bits per heavy atom. The molecule has 0 saturated carbocycles. The minimum Gasteiger partial charge on any atom is -0.326 e. The molecule has 2 aromatic heterocycles. The largest absolute Gasteiger partial charge is 0.326 e. The van der Waals surface area contributed by atoms with Crippen LogP contribution in [0, 0.1) is 0 Å². The number of pyridine rings is 1. The Labute approximate surface area is 76.0 Å². The summed E-state index contributed by atoms with van der Waals surface area (Å²) >= 11 is 0. The summed E-state index contributed by atoms with van der Waals surface area (Å²) in [5.74, 6) is 0.0699. The van der Waals surface area contributed by atoms with Gasteiger partial charge in [-0.05, 0) is 18.2 Å². The van der Waals surface area contributed by atoms with Gasteiger partial charge in [-0.15, -0.1) is 0 Å². The van der Waals surface area contributed by atoms with Gasteiger partial charge in [-0.3, -0.25) is 4.79 Å². The molecule has 0 N–H and O–H groups in total. The van der Waals surface area contributed by atoms with Crippen molar-refractivity contribution in [3.63, 3.8) is 0 Å². The molecular weight excluding hydrogens is 164 g/mol. The van der Waals surface area contributed by atoms with Gasteiger partial charge in [0, 0.05) is 25.6 Å². The Kier molecular flexibility index (Phi) is 1.65. The Hall–Kier alpha value is -1.64. The van der Waals surface area contributed by atoms with Gasteiger partial charge in [-0.25, -0.2) is 4.98 Å². The second kappa shape index (κ2) is 2.69. The molecule has 0 saturated heterocycles. The number of carbonyl (C=O) groups excluding carboxylic acids is 1. The van der Waals surface area contributed by atoms with E-state index >= 15 is 0 Å². The number of aromatic nitrogens is 2. The third kappa shape index (κ3) is 1.13. The number of carbonyl (C=O) groups is 1. The summed E-state index contributed by atoms with van der Waals surface area (Å²) in [6.45, 7) is 1.56. The maximum atomic E-state index is 11.2. The van der Waals surface area contributed by atoms with Crippen LogP contribution in [0.15, 0.2) is 24.4 Å². The Morgan fingerprint density at radius 2 is 2.31 bits per heavy atom. The second-order valence-corrected chi connectivity index (χ2v) is 3.06. The van der Waals surface area contributed by atoms with Crippen molar-refractivity contribution in [1.82, 2.24) is 9.55 Å². The van der Waals surface area contributed by atoms with E-state index in [1.807, 2.05) is 29.8 Å². The average Bonchev–Trinajstić information content (AvgIpc) is 2.45. The van der Waals surface area contributed by atoms with Crippen molar-refractivity contribution < 1.29 is 4.79 Å². The molecule has 0 aliphatic carbocycles. The number of Topliss-reactive ketones (excluding diaryl/α,β-unsaturated/α-hetero) is 1. The lowest BCUT2D eigenvalue weighted by Gasteiger charge is -1.97. The minimum absolute atomic E-state index is 0.0699. The van der Waals surface area contributed by atoms with E-state index in [2.05, 4.69) is 4.98 Å². The number of hydrogen-bond donors (Lipinski definition) is 0. The molecule has 0 radical (unpaired) electrons. The zero-order chi connectivity index (χ0) is 9.42. The van der Waals surface area contributed by atoms with E-state index in [0.717, 1.165) is 11.0 Å². The van der Waals surface area contributed by atoms with Crippen LogP contribution in [-0.4, -0.2) is 15.3 Å². The summed E-state index contributed by atoms with van der Waals surface area (Å²) in [5, 5.41) is 1.01. The average molecular weight is 174 g/mol. The first kappa shape index (κ1) is 7.98. The highest BCUT2D eigenvalue weighted by Crippen LogP contribution is 2.15. The van der Waals surface area contributed by atoms with Crippen LogP contribution >= 0.6 is 0 Å². The van der Waals surface area contributed by atoms with Crippen molar-refractivity contribution in [2.24, 2.45) is 7.05 Å². The molecule has 2 heterocycles. The quantitative estimate of drug-likeness (QED) is 0.617. The Morgan fingerprint density at radius 3 is 2.92 bits per heavy atom. The van der Waals surface area contributed by atoms with Crippen molar-refractivity contribution in [2.75, 3.05) is 0 Å². The fourth-order valence-corrected chi connectivity index (χ4v) is 1.50. The summed E-state index contributed by atoms with van der Waals surface area (Å²) < 4.78 is 1.82. The predicted octanol–water partition coefficient (Wildman–Crippen LogP) is 1.78. The molecule has 0 amide bonds. The highest BCUT2D eigenvalue weighted by molar-refractivity contribution is 5.97. The molecule has 0 spiro atoms. The van der Waals surface area contributed by atoms with Crippen LogP contribution in [0.4, 0.5) is 0 Å².